The van der Waals surface area contributed by atoms with Crippen LogP contribution >= 0.6 is 0 Å². The van der Waals surface area contributed by atoms with Gasteiger partial charge in [0, 0.05) is 0 Å². The molecule has 0 spiro atoms. The summed E-state index contributed by atoms with van der Waals surface area (Å²) < 4.78 is 0. The molecule has 0 aromatic carbocycles. The van der Waals surface area contributed by atoms with Crippen molar-refractivity contribution < 1.29 is 0 Å². The second kappa shape index (κ2) is 8.71. The number of hydrogen-bond acceptors (Lipinski definition) is 1. The predicted molar refractivity (Wildman–Crippen MR) is 100 cm³/mol. The van der Waals surface area contributed by atoms with E-state index >= 15 is 0 Å². The van der Waals surface area contributed by atoms with Gasteiger partial charge in [0.15, 0.2) is 0 Å². The highest BCUT2D eigenvalue weighted by molar-refractivity contribution is 4.80. The molecule has 1 saturated heterocycles. The first-order valence-electron chi connectivity index (χ1n) is 9.87. The maximum Gasteiger partial charge on any atom is -0.00160 e. The normalized spacial score (nSPS) is 23.0. The molecule has 132 valence electrons. The molecule has 0 unspecified atom stereocenters. The van der Waals surface area contributed by atoms with Gasteiger partial charge in [-0.3, -0.25) is 0 Å². The lowest BCUT2D eigenvalue weighted by Crippen LogP contribution is -2.37. The summed E-state index contributed by atoms with van der Waals surface area (Å²) in [6.07, 6.45) is 10.2. The number of hydrogen-bond donors (Lipinski definition) is 0. The van der Waals surface area contributed by atoms with Gasteiger partial charge in [0.05, 0.1) is 0 Å². The van der Waals surface area contributed by atoms with E-state index < -0.39 is 0 Å². The summed E-state index contributed by atoms with van der Waals surface area (Å²) in [7, 11) is 0. The summed E-state index contributed by atoms with van der Waals surface area (Å²) >= 11 is 0. The van der Waals surface area contributed by atoms with Crippen LogP contribution in [0.1, 0.15) is 93.4 Å². The van der Waals surface area contributed by atoms with E-state index in [1.807, 2.05) is 0 Å². The molecule has 1 aliphatic heterocycles. The van der Waals surface area contributed by atoms with Gasteiger partial charge >= 0.3 is 0 Å². The van der Waals surface area contributed by atoms with Crippen molar-refractivity contribution in [2.45, 2.75) is 93.4 Å². The van der Waals surface area contributed by atoms with E-state index in [-0.39, 0.29) is 0 Å². The monoisotopic (exact) mass is 309 g/mol. The van der Waals surface area contributed by atoms with E-state index in [9.17, 15) is 0 Å². The van der Waals surface area contributed by atoms with Crippen molar-refractivity contribution in [3.05, 3.63) is 0 Å². The fourth-order valence-electron chi connectivity index (χ4n) is 4.08. The van der Waals surface area contributed by atoms with Crippen LogP contribution in [-0.4, -0.2) is 24.5 Å². The molecule has 0 radical (unpaired) electrons. The zero-order valence-corrected chi connectivity index (χ0v) is 16.7. The Hall–Kier alpha value is -0.0400. The van der Waals surface area contributed by atoms with Gasteiger partial charge in [-0.25, -0.2) is 0 Å². The van der Waals surface area contributed by atoms with E-state index in [2.05, 4.69) is 53.4 Å². The summed E-state index contributed by atoms with van der Waals surface area (Å²) in [4.78, 5) is 2.56. The van der Waals surface area contributed by atoms with Crippen molar-refractivity contribution in [3.63, 3.8) is 0 Å². The van der Waals surface area contributed by atoms with Crippen molar-refractivity contribution >= 4 is 0 Å². The maximum atomic E-state index is 2.56. The molecule has 1 nitrogen and oxygen atoms in total. The predicted octanol–water partition coefficient (Wildman–Crippen LogP) is 6.38. The molecule has 1 heteroatoms. The van der Waals surface area contributed by atoms with Crippen molar-refractivity contribution in [2.75, 3.05) is 19.6 Å². The average Bonchev–Trinajstić information content (AvgIpc) is 2.47. The molecule has 0 aromatic heterocycles. The molecule has 1 aliphatic carbocycles. The molecule has 2 aliphatic rings. The second-order valence-electron chi connectivity index (χ2n) is 9.78. The van der Waals surface area contributed by atoms with Gasteiger partial charge in [-0.2, -0.15) is 0 Å². The molecular weight excluding hydrogens is 266 g/mol. The molecule has 0 N–H and O–H groups in total. The SMILES string of the molecule is CC(C)(C)C1CCCCC1.CCN1CCC(C(C)(C)C)CC1. The highest BCUT2D eigenvalue weighted by atomic mass is 15.1. The summed E-state index contributed by atoms with van der Waals surface area (Å²) in [6, 6.07) is 0. The fourth-order valence-corrected chi connectivity index (χ4v) is 4.08. The average molecular weight is 310 g/mol. The zero-order chi connectivity index (χ0) is 16.8. The topological polar surface area (TPSA) is 3.24 Å². The van der Waals surface area contributed by atoms with Crippen LogP contribution in [0.5, 0.6) is 0 Å². The fraction of sp³-hybridized carbons (Fsp3) is 1.00. The Morgan fingerprint density at radius 3 is 1.41 bits per heavy atom. The van der Waals surface area contributed by atoms with Crippen LogP contribution in [0.4, 0.5) is 0 Å². The highest BCUT2D eigenvalue weighted by Crippen LogP contribution is 2.37. The minimum atomic E-state index is 0.528. The Balaban J connectivity index is 0.000000224. The minimum absolute atomic E-state index is 0.528. The molecule has 0 amide bonds. The first-order valence-corrected chi connectivity index (χ1v) is 9.87. The molecule has 22 heavy (non-hydrogen) atoms. The molecule has 1 heterocycles. The Bertz CT molecular complexity index is 280. The first-order chi connectivity index (χ1) is 10.1. The molecule has 2 rings (SSSR count). The summed E-state index contributed by atoms with van der Waals surface area (Å²) in [5.41, 5.74) is 1.10. The van der Waals surface area contributed by atoms with E-state index in [4.69, 9.17) is 0 Å². The van der Waals surface area contributed by atoms with Crippen molar-refractivity contribution in [1.82, 2.24) is 4.90 Å². The third kappa shape index (κ3) is 7.02. The third-order valence-corrected chi connectivity index (χ3v) is 6.09. The molecule has 2 fully saturated rings. The summed E-state index contributed by atoms with van der Waals surface area (Å²) in [6.45, 7) is 20.4. The van der Waals surface area contributed by atoms with Crippen LogP contribution < -0.4 is 0 Å². The number of likely N-dealkylation sites (tertiary alicyclic amines) is 1. The van der Waals surface area contributed by atoms with Crippen LogP contribution in [0.15, 0.2) is 0 Å². The van der Waals surface area contributed by atoms with Crippen LogP contribution in [0, 0.1) is 22.7 Å². The molecular formula is C21H43N. The van der Waals surface area contributed by atoms with Crippen LogP contribution in [0.3, 0.4) is 0 Å². The molecule has 0 atom stereocenters. The minimum Gasteiger partial charge on any atom is -0.304 e. The van der Waals surface area contributed by atoms with Crippen molar-refractivity contribution in [1.29, 1.82) is 0 Å². The Kier molecular flexibility index (Phi) is 7.92. The first kappa shape index (κ1) is 20.0. The highest BCUT2D eigenvalue weighted by Gasteiger charge is 2.28. The van der Waals surface area contributed by atoms with Crippen LogP contribution in [0.2, 0.25) is 0 Å². The second-order valence-corrected chi connectivity index (χ2v) is 9.78. The smallest absolute Gasteiger partial charge is 0.00160 e. The number of rotatable bonds is 1. The number of nitrogens with zero attached hydrogens (tertiary/aromatic N) is 1. The standard InChI is InChI=1S/C11H23N.C10H20/c1-5-12-8-6-10(7-9-12)11(2,3)4;1-10(2,3)9-7-5-4-6-8-9/h10H,5-9H2,1-4H3;9H,4-8H2,1-3H3. The largest absolute Gasteiger partial charge is 0.304 e. The van der Waals surface area contributed by atoms with Gasteiger partial charge in [0.1, 0.15) is 0 Å². The molecule has 1 saturated carbocycles. The maximum absolute atomic E-state index is 2.56. The zero-order valence-electron chi connectivity index (χ0n) is 16.7. The van der Waals surface area contributed by atoms with E-state index in [1.165, 1.54) is 64.6 Å². The van der Waals surface area contributed by atoms with Gasteiger partial charge in [-0.15, -0.1) is 0 Å². The van der Waals surface area contributed by atoms with E-state index in [0.29, 0.717) is 10.8 Å². The quantitative estimate of drug-likeness (QED) is 0.543. The van der Waals surface area contributed by atoms with Crippen molar-refractivity contribution in [2.24, 2.45) is 22.7 Å². The molecule has 0 aromatic rings. The Morgan fingerprint density at radius 1 is 0.682 bits per heavy atom. The van der Waals surface area contributed by atoms with E-state index in [1.54, 1.807) is 0 Å². The van der Waals surface area contributed by atoms with Crippen LogP contribution in [-0.2, 0) is 0 Å². The third-order valence-electron chi connectivity index (χ3n) is 6.09. The van der Waals surface area contributed by atoms with Gasteiger partial charge in [-0.05, 0) is 68.0 Å². The van der Waals surface area contributed by atoms with Crippen LogP contribution in [0.25, 0.3) is 0 Å². The van der Waals surface area contributed by atoms with E-state index in [0.717, 1.165) is 11.8 Å². The molecule has 0 bridgehead atoms. The van der Waals surface area contributed by atoms with Gasteiger partial charge in [-0.1, -0.05) is 67.7 Å². The number of piperidine rings is 1. The van der Waals surface area contributed by atoms with Crippen molar-refractivity contribution in [3.8, 4) is 0 Å². The van der Waals surface area contributed by atoms with Gasteiger partial charge in [0.2, 0.25) is 0 Å². The Morgan fingerprint density at radius 2 is 1.09 bits per heavy atom. The summed E-state index contributed by atoms with van der Waals surface area (Å²) in [5.74, 6) is 1.95. The Labute approximate surface area is 141 Å². The van der Waals surface area contributed by atoms with Gasteiger partial charge < -0.3 is 4.90 Å². The lowest BCUT2D eigenvalue weighted by Gasteiger charge is -2.38. The van der Waals surface area contributed by atoms with Gasteiger partial charge in [0.25, 0.3) is 0 Å². The summed E-state index contributed by atoms with van der Waals surface area (Å²) in [5, 5.41) is 0. The lowest BCUT2D eigenvalue weighted by atomic mass is 9.72. The lowest BCUT2D eigenvalue weighted by molar-refractivity contribution is 0.116.